The van der Waals surface area contributed by atoms with E-state index in [1.54, 1.807) is 0 Å². The molecule has 1 aliphatic rings. The molecule has 0 saturated heterocycles. The van der Waals surface area contributed by atoms with Gasteiger partial charge >= 0.3 is 0 Å². The molecule has 0 bridgehead atoms. The van der Waals surface area contributed by atoms with Gasteiger partial charge in [0.15, 0.2) is 0 Å². The number of halogens is 1. The molecule has 1 aromatic heterocycles. The molecule has 14 heavy (non-hydrogen) atoms. The Morgan fingerprint density at radius 2 is 2.00 bits per heavy atom. The molecule has 1 saturated carbocycles. The van der Waals surface area contributed by atoms with Gasteiger partial charge in [0, 0.05) is 6.04 Å². The minimum atomic E-state index is 0.506. The lowest BCUT2D eigenvalue weighted by Gasteiger charge is -2.30. The molecule has 0 aliphatic heterocycles. The maximum absolute atomic E-state index is 6.03. The summed E-state index contributed by atoms with van der Waals surface area (Å²) in [6.07, 6.45) is 5.14. The summed E-state index contributed by atoms with van der Waals surface area (Å²) in [7, 11) is 0. The van der Waals surface area contributed by atoms with Crippen molar-refractivity contribution in [3.05, 3.63) is 11.1 Å². The Bertz CT molecular complexity index is 302. The van der Waals surface area contributed by atoms with E-state index in [1.165, 1.54) is 25.7 Å². The molecular formula is C10H16ClN3. The van der Waals surface area contributed by atoms with E-state index in [1.807, 2.05) is 6.92 Å². The van der Waals surface area contributed by atoms with Gasteiger partial charge in [-0.05, 0) is 37.3 Å². The van der Waals surface area contributed by atoms with Gasteiger partial charge in [-0.25, -0.2) is 0 Å². The van der Waals surface area contributed by atoms with E-state index in [4.69, 9.17) is 11.6 Å². The fourth-order valence-electron chi connectivity index (χ4n) is 2.40. The summed E-state index contributed by atoms with van der Waals surface area (Å²) < 4.78 is 2.09. The van der Waals surface area contributed by atoms with Crippen LogP contribution in [0.5, 0.6) is 0 Å². The summed E-state index contributed by atoms with van der Waals surface area (Å²) in [5, 5.41) is 8.45. The summed E-state index contributed by atoms with van der Waals surface area (Å²) in [4.78, 5) is 0. The van der Waals surface area contributed by atoms with Crippen LogP contribution in [-0.2, 0) is 0 Å². The molecule has 1 heterocycles. The van der Waals surface area contributed by atoms with Gasteiger partial charge in [-0.2, -0.15) is 0 Å². The molecule has 4 heteroatoms. The van der Waals surface area contributed by atoms with Gasteiger partial charge in [0.2, 0.25) is 5.28 Å². The molecule has 0 amide bonds. The molecule has 1 fully saturated rings. The Morgan fingerprint density at radius 3 is 2.57 bits per heavy atom. The Hall–Kier alpha value is -0.570. The van der Waals surface area contributed by atoms with Gasteiger partial charge in [0.05, 0.1) is 0 Å². The Morgan fingerprint density at radius 1 is 1.29 bits per heavy atom. The lowest BCUT2D eigenvalue weighted by molar-refractivity contribution is 0.254. The van der Waals surface area contributed by atoms with Crippen LogP contribution in [0.3, 0.4) is 0 Å². The van der Waals surface area contributed by atoms with Crippen LogP contribution >= 0.6 is 11.6 Å². The Balaban J connectivity index is 2.28. The second kappa shape index (κ2) is 3.89. The number of rotatable bonds is 1. The normalized spacial score (nSPS) is 27.9. The Kier molecular flexibility index (Phi) is 2.77. The topological polar surface area (TPSA) is 30.7 Å². The van der Waals surface area contributed by atoms with Crippen molar-refractivity contribution in [2.75, 3.05) is 0 Å². The predicted molar refractivity (Wildman–Crippen MR) is 56.4 cm³/mol. The van der Waals surface area contributed by atoms with Crippen molar-refractivity contribution in [1.82, 2.24) is 14.8 Å². The SMILES string of the molecule is Cc1nnc(Cl)n1C1CCCCC1C. The second-order valence-electron chi connectivity index (χ2n) is 4.22. The monoisotopic (exact) mass is 213 g/mol. The number of aromatic nitrogens is 3. The molecule has 0 aromatic carbocycles. The highest BCUT2D eigenvalue weighted by atomic mass is 35.5. The first kappa shape index (κ1) is 9.97. The van der Waals surface area contributed by atoms with Crippen LogP contribution in [-0.4, -0.2) is 14.8 Å². The lowest BCUT2D eigenvalue weighted by Crippen LogP contribution is -2.22. The summed E-state index contributed by atoms with van der Waals surface area (Å²) in [5.74, 6) is 1.63. The van der Waals surface area contributed by atoms with E-state index in [2.05, 4.69) is 21.7 Å². The molecule has 1 aliphatic carbocycles. The van der Waals surface area contributed by atoms with Gasteiger partial charge in [-0.3, -0.25) is 4.57 Å². The molecule has 2 rings (SSSR count). The van der Waals surface area contributed by atoms with Crippen molar-refractivity contribution in [2.24, 2.45) is 5.92 Å². The number of nitrogens with zero attached hydrogens (tertiary/aromatic N) is 3. The molecule has 0 N–H and O–H groups in total. The quantitative estimate of drug-likeness (QED) is 0.718. The van der Waals surface area contributed by atoms with Gasteiger partial charge < -0.3 is 0 Å². The smallest absolute Gasteiger partial charge is 0.225 e. The highest BCUT2D eigenvalue weighted by Crippen LogP contribution is 2.35. The number of hydrogen-bond donors (Lipinski definition) is 0. The van der Waals surface area contributed by atoms with Crippen LogP contribution in [0.15, 0.2) is 0 Å². The highest BCUT2D eigenvalue weighted by molar-refractivity contribution is 6.28. The van der Waals surface area contributed by atoms with Gasteiger partial charge in [-0.1, -0.05) is 19.8 Å². The first-order chi connectivity index (χ1) is 6.70. The maximum Gasteiger partial charge on any atom is 0.225 e. The summed E-state index contributed by atoms with van der Waals surface area (Å²) in [5.41, 5.74) is 0. The molecule has 2 atom stereocenters. The number of aryl methyl sites for hydroxylation is 1. The minimum Gasteiger partial charge on any atom is -0.299 e. The average Bonchev–Trinajstić information content (AvgIpc) is 2.48. The van der Waals surface area contributed by atoms with Crippen LogP contribution in [0.1, 0.15) is 44.5 Å². The van der Waals surface area contributed by atoms with Crippen LogP contribution in [0.2, 0.25) is 5.28 Å². The molecule has 78 valence electrons. The van der Waals surface area contributed by atoms with Crippen LogP contribution in [0, 0.1) is 12.8 Å². The summed E-state index contributed by atoms with van der Waals surface area (Å²) in [6.45, 7) is 4.26. The average molecular weight is 214 g/mol. The van der Waals surface area contributed by atoms with E-state index < -0.39 is 0 Å². The van der Waals surface area contributed by atoms with E-state index in [9.17, 15) is 0 Å². The maximum atomic E-state index is 6.03. The zero-order chi connectivity index (χ0) is 10.1. The van der Waals surface area contributed by atoms with Crippen molar-refractivity contribution in [2.45, 2.75) is 45.6 Å². The first-order valence-corrected chi connectivity index (χ1v) is 5.65. The van der Waals surface area contributed by atoms with E-state index in [0.29, 0.717) is 17.2 Å². The third-order valence-electron chi connectivity index (χ3n) is 3.22. The third-order valence-corrected chi connectivity index (χ3v) is 3.48. The van der Waals surface area contributed by atoms with Gasteiger partial charge in [-0.15, -0.1) is 10.2 Å². The van der Waals surface area contributed by atoms with Crippen LogP contribution in [0.25, 0.3) is 0 Å². The first-order valence-electron chi connectivity index (χ1n) is 5.27. The standard InChI is InChI=1S/C10H16ClN3/c1-7-5-3-4-6-9(7)14-8(2)12-13-10(14)11/h7,9H,3-6H2,1-2H3. The van der Waals surface area contributed by atoms with E-state index in [-0.39, 0.29) is 0 Å². The summed E-state index contributed by atoms with van der Waals surface area (Å²) >= 11 is 6.03. The molecular weight excluding hydrogens is 198 g/mol. The van der Waals surface area contributed by atoms with Crippen molar-refractivity contribution < 1.29 is 0 Å². The fourth-order valence-corrected chi connectivity index (χ4v) is 2.69. The lowest BCUT2D eigenvalue weighted by atomic mass is 9.86. The second-order valence-corrected chi connectivity index (χ2v) is 4.55. The minimum absolute atomic E-state index is 0.506. The number of hydrogen-bond acceptors (Lipinski definition) is 2. The van der Waals surface area contributed by atoms with Crippen LogP contribution < -0.4 is 0 Å². The zero-order valence-electron chi connectivity index (χ0n) is 8.70. The molecule has 2 unspecified atom stereocenters. The van der Waals surface area contributed by atoms with E-state index >= 15 is 0 Å². The molecule has 1 aromatic rings. The molecule has 0 spiro atoms. The van der Waals surface area contributed by atoms with Gasteiger partial charge in [0.1, 0.15) is 5.82 Å². The molecule has 0 radical (unpaired) electrons. The zero-order valence-corrected chi connectivity index (χ0v) is 9.46. The van der Waals surface area contributed by atoms with Crippen molar-refractivity contribution in [3.8, 4) is 0 Å². The van der Waals surface area contributed by atoms with E-state index in [0.717, 1.165) is 5.82 Å². The van der Waals surface area contributed by atoms with Crippen molar-refractivity contribution in [3.63, 3.8) is 0 Å². The Labute approximate surface area is 89.5 Å². The van der Waals surface area contributed by atoms with Gasteiger partial charge in [0.25, 0.3) is 0 Å². The third kappa shape index (κ3) is 1.65. The fraction of sp³-hybridized carbons (Fsp3) is 0.800. The highest BCUT2D eigenvalue weighted by Gasteiger charge is 2.25. The largest absolute Gasteiger partial charge is 0.299 e. The summed E-state index contributed by atoms with van der Waals surface area (Å²) in [6, 6.07) is 0.506. The predicted octanol–water partition coefficient (Wildman–Crippen LogP) is 2.99. The van der Waals surface area contributed by atoms with Crippen LogP contribution in [0.4, 0.5) is 0 Å². The molecule has 3 nitrogen and oxygen atoms in total. The van der Waals surface area contributed by atoms with Crippen molar-refractivity contribution >= 4 is 11.6 Å². The van der Waals surface area contributed by atoms with Crippen molar-refractivity contribution in [1.29, 1.82) is 0 Å².